The van der Waals surface area contributed by atoms with Gasteiger partial charge in [-0.05, 0) is 18.4 Å². The summed E-state index contributed by atoms with van der Waals surface area (Å²) in [6, 6.07) is 5.73. The average Bonchev–Trinajstić information content (AvgIpc) is 3.14. The molecule has 24 heavy (non-hydrogen) atoms. The maximum atomic E-state index is 12.5. The van der Waals surface area contributed by atoms with Crippen molar-refractivity contribution in [3.63, 3.8) is 0 Å². The first-order chi connectivity index (χ1) is 11.7. The number of piperidine rings is 1. The van der Waals surface area contributed by atoms with Crippen LogP contribution in [0.5, 0.6) is 5.88 Å². The van der Waals surface area contributed by atoms with Crippen LogP contribution < -0.4 is 10.1 Å². The van der Waals surface area contributed by atoms with Gasteiger partial charge in [-0.1, -0.05) is 13.0 Å². The quantitative estimate of drug-likeness (QED) is 0.932. The number of ether oxygens (including phenoxy) is 1. The number of carbonyl (C=O) groups is 1. The zero-order valence-corrected chi connectivity index (χ0v) is 14.1. The van der Waals surface area contributed by atoms with Crippen LogP contribution in [0.25, 0.3) is 0 Å². The minimum absolute atomic E-state index is 0.0587. The fourth-order valence-corrected chi connectivity index (χ4v) is 3.03. The zero-order valence-electron chi connectivity index (χ0n) is 14.1. The second-order valence-corrected chi connectivity index (χ2v) is 6.12. The third kappa shape index (κ3) is 3.67. The molecule has 2 aromatic rings. The van der Waals surface area contributed by atoms with Gasteiger partial charge in [0.25, 0.3) is 0 Å². The molecule has 1 aliphatic rings. The number of hydrogen-bond donors (Lipinski definition) is 1. The lowest BCUT2D eigenvalue weighted by molar-refractivity contribution is 0.139. The molecule has 1 fully saturated rings. The number of urea groups is 1. The van der Waals surface area contributed by atoms with Crippen molar-refractivity contribution >= 4 is 6.03 Å². The van der Waals surface area contributed by atoms with Gasteiger partial charge in [-0.25, -0.2) is 14.8 Å². The molecule has 0 aliphatic carbocycles. The Kier molecular flexibility index (Phi) is 4.98. The van der Waals surface area contributed by atoms with E-state index in [1.54, 1.807) is 19.4 Å². The lowest BCUT2D eigenvalue weighted by Crippen LogP contribution is -2.47. The molecular weight excluding hydrogens is 306 g/mol. The van der Waals surface area contributed by atoms with Crippen LogP contribution in [0.2, 0.25) is 0 Å². The van der Waals surface area contributed by atoms with Gasteiger partial charge in [0.05, 0.1) is 31.7 Å². The molecule has 0 aromatic carbocycles. The molecule has 3 rings (SSSR count). The van der Waals surface area contributed by atoms with Crippen LogP contribution in [-0.2, 0) is 6.54 Å². The van der Waals surface area contributed by atoms with Crippen molar-refractivity contribution in [1.29, 1.82) is 0 Å². The van der Waals surface area contributed by atoms with E-state index in [4.69, 9.17) is 4.74 Å². The Morgan fingerprint density at radius 1 is 1.46 bits per heavy atom. The molecule has 1 aliphatic heterocycles. The van der Waals surface area contributed by atoms with Crippen LogP contribution in [-0.4, -0.2) is 45.7 Å². The predicted octanol–water partition coefficient (Wildman–Crippen LogP) is 2.08. The van der Waals surface area contributed by atoms with Crippen LogP contribution >= 0.6 is 0 Å². The van der Waals surface area contributed by atoms with Gasteiger partial charge in [-0.2, -0.15) is 0 Å². The first-order valence-electron chi connectivity index (χ1n) is 8.17. The first kappa shape index (κ1) is 16.3. The number of pyridine rings is 1. The molecular formula is C17H23N5O2. The van der Waals surface area contributed by atoms with E-state index in [0.717, 1.165) is 18.7 Å². The SMILES string of the molecule is COc1cccc(CNC(=O)N2CC[C@@H](C)[C@H](n3ccnc3)C2)n1. The molecule has 7 nitrogen and oxygen atoms in total. The third-order valence-electron chi connectivity index (χ3n) is 4.52. The van der Waals surface area contributed by atoms with Crippen molar-refractivity contribution in [2.45, 2.75) is 25.9 Å². The van der Waals surface area contributed by atoms with Crippen LogP contribution in [0.3, 0.4) is 0 Å². The van der Waals surface area contributed by atoms with E-state index in [-0.39, 0.29) is 12.1 Å². The van der Waals surface area contributed by atoms with Crippen molar-refractivity contribution in [1.82, 2.24) is 24.8 Å². The second kappa shape index (κ2) is 7.33. The smallest absolute Gasteiger partial charge is 0.317 e. The number of hydrogen-bond acceptors (Lipinski definition) is 4. The number of nitrogens with zero attached hydrogens (tertiary/aromatic N) is 4. The highest BCUT2D eigenvalue weighted by Crippen LogP contribution is 2.27. The van der Waals surface area contributed by atoms with Gasteiger partial charge in [0.1, 0.15) is 0 Å². The number of methoxy groups -OCH3 is 1. The number of aromatic nitrogens is 3. The van der Waals surface area contributed by atoms with Crippen molar-refractivity contribution in [3.05, 3.63) is 42.6 Å². The second-order valence-electron chi connectivity index (χ2n) is 6.12. The Morgan fingerprint density at radius 3 is 3.08 bits per heavy atom. The van der Waals surface area contributed by atoms with Gasteiger partial charge < -0.3 is 19.5 Å². The Balaban J connectivity index is 1.58. The Hall–Kier alpha value is -2.57. The third-order valence-corrected chi connectivity index (χ3v) is 4.52. The van der Waals surface area contributed by atoms with Crippen LogP contribution in [0.4, 0.5) is 4.79 Å². The maximum absolute atomic E-state index is 12.5. The number of likely N-dealkylation sites (tertiary alicyclic amines) is 1. The summed E-state index contributed by atoms with van der Waals surface area (Å²) in [6.45, 7) is 4.07. The van der Waals surface area contributed by atoms with Gasteiger partial charge >= 0.3 is 6.03 Å². The molecule has 0 saturated carbocycles. The van der Waals surface area contributed by atoms with Gasteiger partial charge in [-0.3, -0.25) is 0 Å². The summed E-state index contributed by atoms with van der Waals surface area (Å²) in [6.07, 6.45) is 6.54. The largest absolute Gasteiger partial charge is 0.481 e. The average molecular weight is 329 g/mol. The molecule has 1 N–H and O–H groups in total. The summed E-state index contributed by atoms with van der Waals surface area (Å²) in [7, 11) is 1.58. The zero-order chi connectivity index (χ0) is 16.9. The lowest BCUT2D eigenvalue weighted by atomic mass is 9.93. The fraction of sp³-hybridized carbons (Fsp3) is 0.471. The van der Waals surface area contributed by atoms with Crippen molar-refractivity contribution in [3.8, 4) is 5.88 Å². The van der Waals surface area contributed by atoms with Gasteiger partial charge in [-0.15, -0.1) is 0 Å². The number of rotatable bonds is 4. The number of imidazole rings is 1. The molecule has 2 atom stereocenters. The van der Waals surface area contributed by atoms with Gasteiger partial charge in [0, 0.05) is 31.5 Å². The molecule has 2 aromatic heterocycles. The van der Waals surface area contributed by atoms with Crippen LogP contribution in [0.1, 0.15) is 25.1 Å². The predicted molar refractivity (Wildman–Crippen MR) is 89.6 cm³/mol. The Bertz CT molecular complexity index is 673. The molecule has 128 valence electrons. The van der Waals surface area contributed by atoms with Gasteiger partial charge in [0.15, 0.2) is 0 Å². The first-order valence-corrected chi connectivity index (χ1v) is 8.17. The highest BCUT2D eigenvalue weighted by molar-refractivity contribution is 5.74. The minimum Gasteiger partial charge on any atom is -0.481 e. The number of amides is 2. The van der Waals surface area contributed by atoms with E-state index in [0.29, 0.717) is 24.9 Å². The number of nitrogens with one attached hydrogen (secondary N) is 1. The summed E-state index contributed by atoms with van der Waals surface area (Å²) in [5, 5.41) is 2.94. The van der Waals surface area contributed by atoms with Crippen molar-refractivity contribution < 1.29 is 9.53 Å². The van der Waals surface area contributed by atoms with E-state index in [1.165, 1.54) is 0 Å². The van der Waals surface area contributed by atoms with Crippen molar-refractivity contribution in [2.75, 3.05) is 20.2 Å². The Morgan fingerprint density at radius 2 is 2.33 bits per heavy atom. The minimum atomic E-state index is -0.0587. The molecule has 0 spiro atoms. The lowest BCUT2D eigenvalue weighted by Gasteiger charge is -2.37. The fourth-order valence-electron chi connectivity index (χ4n) is 3.03. The van der Waals surface area contributed by atoms with E-state index in [1.807, 2.05) is 29.6 Å². The summed E-state index contributed by atoms with van der Waals surface area (Å²) >= 11 is 0. The highest BCUT2D eigenvalue weighted by Gasteiger charge is 2.29. The van der Waals surface area contributed by atoms with E-state index < -0.39 is 0 Å². The van der Waals surface area contributed by atoms with Gasteiger partial charge in [0.2, 0.25) is 5.88 Å². The van der Waals surface area contributed by atoms with Crippen molar-refractivity contribution in [2.24, 2.45) is 5.92 Å². The number of carbonyl (C=O) groups excluding carboxylic acids is 1. The summed E-state index contributed by atoms with van der Waals surface area (Å²) in [5.74, 6) is 1.07. The summed E-state index contributed by atoms with van der Waals surface area (Å²) < 4.78 is 7.19. The molecule has 0 radical (unpaired) electrons. The van der Waals surface area contributed by atoms with E-state index >= 15 is 0 Å². The maximum Gasteiger partial charge on any atom is 0.317 e. The molecule has 7 heteroatoms. The normalized spacial score (nSPS) is 20.7. The topological polar surface area (TPSA) is 72.3 Å². The van der Waals surface area contributed by atoms with E-state index in [2.05, 4.69) is 26.8 Å². The molecule has 1 saturated heterocycles. The highest BCUT2D eigenvalue weighted by atomic mass is 16.5. The standard InChI is InChI=1S/C17H23N5O2/c1-13-6-8-21(11-15(13)22-9-7-18-12-22)17(23)19-10-14-4-3-5-16(20-14)24-2/h3-5,7,9,12-13,15H,6,8,10-11H2,1-2H3,(H,19,23)/t13-,15-/m1/s1. The van der Waals surface area contributed by atoms with E-state index in [9.17, 15) is 4.79 Å². The summed E-state index contributed by atoms with van der Waals surface area (Å²) in [5.41, 5.74) is 0.777. The van der Waals surface area contributed by atoms with Crippen LogP contribution in [0.15, 0.2) is 36.9 Å². The molecule has 3 heterocycles. The van der Waals surface area contributed by atoms with Crippen LogP contribution in [0, 0.1) is 5.92 Å². The molecule has 0 unspecified atom stereocenters. The summed E-state index contributed by atoms with van der Waals surface area (Å²) in [4.78, 5) is 22.8. The Labute approximate surface area is 141 Å². The molecule has 0 bridgehead atoms. The molecule has 2 amide bonds. The monoisotopic (exact) mass is 329 g/mol.